The van der Waals surface area contributed by atoms with Crippen LogP contribution in [0.2, 0.25) is 5.15 Å². The standard InChI is InChI=1S/C15H14ClN3O3/c16-14-8(4-11-5-12(15(20)21)22-18-11)1-2-13(17-14)19-6-9-3-10(9)7-19/h1-2,5,9-10H,3-4,6-7H2,(H,20,21). The third-order valence-corrected chi connectivity index (χ3v) is 4.68. The summed E-state index contributed by atoms with van der Waals surface area (Å²) in [5, 5.41) is 13.0. The largest absolute Gasteiger partial charge is 0.475 e. The highest BCUT2D eigenvalue weighted by Crippen LogP contribution is 2.46. The minimum atomic E-state index is -1.13. The van der Waals surface area contributed by atoms with Crippen molar-refractivity contribution in [2.75, 3.05) is 18.0 Å². The Bertz CT molecular complexity index is 735. The molecule has 0 radical (unpaired) electrons. The number of aromatic carboxylic acids is 1. The summed E-state index contributed by atoms with van der Waals surface area (Å²) in [6, 6.07) is 5.29. The lowest BCUT2D eigenvalue weighted by Gasteiger charge is -2.19. The van der Waals surface area contributed by atoms with Gasteiger partial charge in [0.05, 0.1) is 5.69 Å². The summed E-state index contributed by atoms with van der Waals surface area (Å²) in [5.74, 6) is 1.28. The van der Waals surface area contributed by atoms with Crippen LogP contribution in [0.5, 0.6) is 0 Å². The molecule has 22 heavy (non-hydrogen) atoms. The smallest absolute Gasteiger partial charge is 0.374 e. The Morgan fingerprint density at radius 1 is 1.41 bits per heavy atom. The predicted molar refractivity (Wildman–Crippen MR) is 79.3 cm³/mol. The van der Waals surface area contributed by atoms with Crippen LogP contribution in [-0.4, -0.2) is 34.3 Å². The molecule has 2 unspecified atom stereocenters. The summed E-state index contributed by atoms with van der Waals surface area (Å²) in [6.07, 6.45) is 1.74. The highest BCUT2D eigenvalue weighted by atomic mass is 35.5. The Hall–Kier alpha value is -2.08. The van der Waals surface area contributed by atoms with Gasteiger partial charge >= 0.3 is 5.97 Å². The Labute approximate surface area is 131 Å². The van der Waals surface area contributed by atoms with Crippen LogP contribution in [0, 0.1) is 11.8 Å². The van der Waals surface area contributed by atoms with Crippen molar-refractivity contribution in [3.63, 3.8) is 0 Å². The maximum Gasteiger partial charge on any atom is 0.374 e. The highest BCUT2D eigenvalue weighted by Gasteiger charge is 2.45. The van der Waals surface area contributed by atoms with Gasteiger partial charge in [-0.2, -0.15) is 0 Å². The van der Waals surface area contributed by atoms with Crippen molar-refractivity contribution in [1.82, 2.24) is 10.1 Å². The molecule has 2 fully saturated rings. The SMILES string of the molecule is O=C(O)c1cc(Cc2ccc(N3CC4CC4C3)nc2Cl)no1. The minimum Gasteiger partial charge on any atom is -0.475 e. The zero-order valence-corrected chi connectivity index (χ0v) is 12.5. The van der Waals surface area contributed by atoms with Gasteiger partial charge in [0.25, 0.3) is 0 Å². The van der Waals surface area contributed by atoms with Gasteiger partial charge in [-0.1, -0.05) is 22.8 Å². The molecule has 1 aliphatic carbocycles. The number of anilines is 1. The molecule has 1 N–H and O–H groups in total. The first-order valence-corrected chi connectivity index (χ1v) is 7.57. The van der Waals surface area contributed by atoms with Crippen LogP contribution in [0.1, 0.15) is 28.2 Å². The van der Waals surface area contributed by atoms with Gasteiger partial charge < -0.3 is 14.5 Å². The molecule has 7 heteroatoms. The number of hydrogen-bond donors (Lipinski definition) is 1. The van der Waals surface area contributed by atoms with E-state index < -0.39 is 5.97 Å². The second kappa shape index (κ2) is 4.98. The summed E-state index contributed by atoms with van der Waals surface area (Å²) >= 11 is 6.26. The van der Waals surface area contributed by atoms with Gasteiger partial charge in [0.1, 0.15) is 11.0 Å². The summed E-state index contributed by atoms with van der Waals surface area (Å²) in [6.45, 7) is 2.14. The van der Waals surface area contributed by atoms with Gasteiger partial charge in [-0.15, -0.1) is 0 Å². The monoisotopic (exact) mass is 319 g/mol. The van der Waals surface area contributed by atoms with E-state index in [1.807, 2.05) is 12.1 Å². The van der Waals surface area contributed by atoms with Gasteiger partial charge in [-0.25, -0.2) is 9.78 Å². The zero-order valence-electron chi connectivity index (χ0n) is 11.7. The number of nitrogens with zero attached hydrogens (tertiary/aromatic N) is 3. The zero-order chi connectivity index (χ0) is 15.3. The summed E-state index contributed by atoms with van der Waals surface area (Å²) < 4.78 is 4.74. The van der Waals surface area contributed by atoms with E-state index in [1.54, 1.807) is 0 Å². The Morgan fingerprint density at radius 2 is 2.18 bits per heavy atom. The minimum absolute atomic E-state index is 0.174. The highest BCUT2D eigenvalue weighted by molar-refractivity contribution is 6.30. The fourth-order valence-corrected chi connectivity index (χ4v) is 3.25. The molecule has 2 aliphatic rings. The molecule has 1 aliphatic heterocycles. The molecule has 4 rings (SSSR count). The number of carboxylic acids is 1. The number of carbonyl (C=O) groups is 1. The number of halogens is 1. The van der Waals surface area contributed by atoms with Crippen molar-refractivity contribution in [2.45, 2.75) is 12.8 Å². The van der Waals surface area contributed by atoms with Crippen LogP contribution < -0.4 is 4.90 Å². The fourth-order valence-electron chi connectivity index (χ4n) is 3.04. The van der Waals surface area contributed by atoms with Crippen LogP contribution in [0.25, 0.3) is 0 Å². The van der Waals surface area contributed by atoms with Gasteiger partial charge in [0.15, 0.2) is 0 Å². The maximum absolute atomic E-state index is 10.8. The number of piperidine rings is 1. The fraction of sp³-hybridized carbons (Fsp3) is 0.400. The first-order chi connectivity index (χ1) is 10.6. The second-order valence-electron chi connectivity index (χ2n) is 5.94. The molecule has 2 aromatic heterocycles. The topological polar surface area (TPSA) is 79.5 Å². The molecule has 0 spiro atoms. The van der Waals surface area contributed by atoms with Gasteiger partial charge in [-0.3, -0.25) is 0 Å². The molecule has 1 saturated carbocycles. The summed E-state index contributed by atoms with van der Waals surface area (Å²) in [5.41, 5.74) is 1.33. The van der Waals surface area contributed by atoms with E-state index in [4.69, 9.17) is 21.2 Å². The molecule has 114 valence electrons. The molecule has 6 nitrogen and oxygen atoms in total. The van der Waals surface area contributed by atoms with Crippen LogP contribution in [-0.2, 0) is 6.42 Å². The average Bonchev–Trinajstić information content (AvgIpc) is 2.89. The first kappa shape index (κ1) is 13.6. The molecule has 1 saturated heterocycles. The lowest BCUT2D eigenvalue weighted by atomic mass is 10.1. The lowest BCUT2D eigenvalue weighted by Crippen LogP contribution is -2.22. The van der Waals surface area contributed by atoms with Gasteiger partial charge in [0, 0.05) is 25.6 Å². The van der Waals surface area contributed by atoms with Crippen molar-refractivity contribution in [3.05, 3.63) is 40.4 Å². The number of aromatic nitrogens is 2. The van der Waals surface area contributed by atoms with Crippen LogP contribution >= 0.6 is 11.6 Å². The third kappa shape index (κ3) is 2.43. The van der Waals surface area contributed by atoms with E-state index in [9.17, 15) is 4.79 Å². The third-order valence-electron chi connectivity index (χ3n) is 4.36. The van der Waals surface area contributed by atoms with Crippen molar-refractivity contribution in [1.29, 1.82) is 0 Å². The van der Waals surface area contributed by atoms with Crippen LogP contribution in [0.4, 0.5) is 5.82 Å². The quantitative estimate of drug-likeness (QED) is 0.872. The first-order valence-electron chi connectivity index (χ1n) is 7.19. The number of rotatable bonds is 4. The average molecular weight is 320 g/mol. The van der Waals surface area contributed by atoms with E-state index in [2.05, 4.69) is 15.0 Å². The second-order valence-corrected chi connectivity index (χ2v) is 6.30. The van der Waals surface area contributed by atoms with E-state index in [0.29, 0.717) is 17.3 Å². The normalized spacial score (nSPS) is 22.7. The maximum atomic E-state index is 10.8. The lowest BCUT2D eigenvalue weighted by molar-refractivity contribution is 0.0652. The van der Waals surface area contributed by atoms with E-state index in [-0.39, 0.29) is 5.76 Å². The summed E-state index contributed by atoms with van der Waals surface area (Å²) in [4.78, 5) is 17.5. The Balaban J connectivity index is 1.50. The number of pyridine rings is 1. The van der Waals surface area contributed by atoms with Crippen molar-refractivity contribution in [2.24, 2.45) is 11.8 Å². The van der Waals surface area contributed by atoms with Crippen molar-refractivity contribution >= 4 is 23.4 Å². The van der Waals surface area contributed by atoms with Crippen LogP contribution in [0.3, 0.4) is 0 Å². The molecular weight excluding hydrogens is 306 g/mol. The van der Waals surface area contributed by atoms with E-state index >= 15 is 0 Å². The van der Waals surface area contributed by atoms with E-state index in [0.717, 1.165) is 36.3 Å². The number of fused-ring (bicyclic) bond motifs is 1. The number of carboxylic acid groups (broad SMARTS) is 1. The van der Waals surface area contributed by atoms with E-state index in [1.165, 1.54) is 12.5 Å². The number of hydrogen-bond acceptors (Lipinski definition) is 5. The van der Waals surface area contributed by atoms with Crippen molar-refractivity contribution in [3.8, 4) is 0 Å². The van der Waals surface area contributed by atoms with Crippen LogP contribution in [0.15, 0.2) is 22.7 Å². The summed E-state index contributed by atoms with van der Waals surface area (Å²) in [7, 11) is 0. The molecule has 0 amide bonds. The molecule has 0 bridgehead atoms. The molecule has 2 atom stereocenters. The molecular formula is C15H14ClN3O3. The predicted octanol–water partition coefficient (Wildman–Crippen LogP) is 2.47. The Morgan fingerprint density at radius 3 is 2.82 bits per heavy atom. The van der Waals surface area contributed by atoms with Crippen molar-refractivity contribution < 1.29 is 14.4 Å². The Kier molecular flexibility index (Phi) is 3.07. The van der Waals surface area contributed by atoms with Gasteiger partial charge in [0.2, 0.25) is 5.76 Å². The molecule has 0 aromatic carbocycles. The molecule has 3 heterocycles. The molecule has 2 aromatic rings. The van der Waals surface area contributed by atoms with Gasteiger partial charge in [-0.05, 0) is 29.9 Å².